The fourth-order valence-electron chi connectivity index (χ4n) is 1.75. The Morgan fingerprint density at radius 2 is 2.05 bits per heavy atom. The lowest BCUT2D eigenvalue weighted by molar-refractivity contribution is 0.0696. The van der Waals surface area contributed by atoms with Crippen molar-refractivity contribution >= 4 is 44.3 Å². The second kappa shape index (κ2) is 5.22. The number of halogens is 1. The molecule has 1 N–H and O–H groups in total. The summed E-state index contributed by atoms with van der Waals surface area (Å²) in [4.78, 5) is 11.0. The van der Waals surface area contributed by atoms with Crippen LogP contribution in [0, 0.1) is 0 Å². The summed E-state index contributed by atoms with van der Waals surface area (Å²) in [5, 5.41) is 10.6. The number of carboxylic acids is 1. The van der Waals surface area contributed by atoms with Gasteiger partial charge in [0.15, 0.2) is 0 Å². The fraction of sp³-hybridized carbons (Fsp3) is 0. The van der Waals surface area contributed by atoms with E-state index in [-0.39, 0.29) is 5.56 Å². The summed E-state index contributed by atoms with van der Waals surface area (Å²) >= 11 is 4.60. The molecule has 3 rings (SSSR count). The molecule has 100 valence electrons. The highest BCUT2D eigenvalue weighted by Crippen LogP contribution is 2.37. The maximum atomic E-state index is 11.0. The lowest BCUT2D eigenvalue weighted by Gasteiger charge is -2.06. The van der Waals surface area contributed by atoms with Gasteiger partial charge in [0.2, 0.25) is 5.06 Å². The van der Waals surface area contributed by atoms with Gasteiger partial charge in [-0.2, -0.15) is 4.37 Å². The van der Waals surface area contributed by atoms with Gasteiger partial charge in [-0.3, -0.25) is 0 Å². The zero-order valence-electron chi connectivity index (χ0n) is 10.0. The van der Waals surface area contributed by atoms with Crippen molar-refractivity contribution in [3.8, 4) is 10.8 Å². The molecular formula is C14H8BrNO3S. The van der Waals surface area contributed by atoms with E-state index in [2.05, 4.69) is 20.3 Å². The second-order valence-corrected chi connectivity index (χ2v) is 5.63. The first-order chi connectivity index (χ1) is 9.65. The van der Waals surface area contributed by atoms with Crippen molar-refractivity contribution in [3.05, 3.63) is 52.5 Å². The minimum absolute atomic E-state index is 0.178. The van der Waals surface area contributed by atoms with Gasteiger partial charge in [-0.15, -0.1) is 0 Å². The average Bonchev–Trinajstić information content (AvgIpc) is 2.84. The van der Waals surface area contributed by atoms with Crippen LogP contribution in [-0.2, 0) is 0 Å². The number of aromatic carboxylic acids is 1. The van der Waals surface area contributed by atoms with Crippen LogP contribution in [0.1, 0.15) is 10.4 Å². The number of fused-ring (bicyclic) bond motifs is 1. The first-order valence-corrected chi connectivity index (χ1v) is 7.27. The van der Waals surface area contributed by atoms with Crippen LogP contribution >= 0.6 is 27.5 Å². The molecule has 4 nitrogen and oxygen atoms in total. The first-order valence-electron chi connectivity index (χ1n) is 5.70. The number of rotatable bonds is 3. The summed E-state index contributed by atoms with van der Waals surface area (Å²) in [6.07, 6.45) is 0. The Morgan fingerprint density at radius 3 is 2.85 bits per heavy atom. The molecule has 0 aliphatic heterocycles. The molecule has 0 saturated heterocycles. The number of ether oxygens (including phenoxy) is 1. The largest absolute Gasteiger partial charge is 0.478 e. The van der Waals surface area contributed by atoms with Crippen LogP contribution in [0.4, 0.5) is 0 Å². The van der Waals surface area contributed by atoms with Gasteiger partial charge >= 0.3 is 5.97 Å². The molecule has 0 amide bonds. The van der Waals surface area contributed by atoms with Crippen LogP contribution in [0.25, 0.3) is 10.9 Å². The lowest BCUT2D eigenvalue weighted by Crippen LogP contribution is -1.96. The molecule has 20 heavy (non-hydrogen) atoms. The highest BCUT2D eigenvalue weighted by Gasteiger charge is 2.12. The fourth-order valence-corrected chi connectivity index (χ4v) is 2.82. The Kier molecular flexibility index (Phi) is 3.42. The van der Waals surface area contributed by atoms with Crippen molar-refractivity contribution in [2.24, 2.45) is 0 Å². The molecule has 1 heterocycles. The van der Waals surface area contributed by atoms with Crippen LogP contribution in [0.3, 0.4) is 0 Å². The Labute approximate surface area is 126 Å². The Morgan fingerprint density at radius 1 is 1.25 bits per heavy atom. The molecule has 2 aromatic carbocycles. The van der Waals surface area contributed by atoms with Crippen molar-refractivity contribution in [1.82, 2.24) is 4.37 Å². The third kappa shape index (κ3) is 2.39. The summed E-state index contributed by atoms with van der Waals surface area (Å²) in [5.41, 5.74) is 1.04. The summed E-state index contributed by atoms with van der Waals surface area (Å²) in [6, 6.07) is 12.3. The quantitative estimate of drug-likeness (QED) is 0.753. The number of nitrogens with zero attached hydrogens (tertiary/aromatic N) is 1. The van der Waals surface area contributed by atoms with E-state index in [4.69, 9.17) is 9.84 Å². The molecule has 3 aromatic rings. The van der Waals surface area contributed by atoms with E-state index in [0.717, 1.165) is 10.9 Å². The van der Waals surface area contributed by atoms with Crippen LogP contribution < -0.4 is 4.74 Å². The molecular weight excluding hydrogens is 342 g/mol. The third-order valence-corrected chi connectivity index (χ3v) is 4.14. The van der Waals surface area contributed by atoms with E-state index in [1.807, 2.05) is 24.3 Å². The number of benzene rings is 2. The topological polar surface area (TPSA) is 59.4 Å². The molecule has 0 atom stereocenters. The average molecular weight is 350 g/mol. The molecule has 6 heteroatoms. The van der Waals surface area contributed by atoms with E-state index < -0.39 is 5.97 Å². The van der Waals surface area contributed by atoms with Gasteiger partial charge in [0.25, 0.3) is 0 Å². The Hall–Kier alpha value is -1.92. The van der Waals surface area contributed by atoms with Gasteiger partial charge in [-0.25, -0.2) is 4.79 Å². The summed E-state index contributed by atoms with van der Waals surface area (Å²) < 4.78 is 10.8. The normalized spacial score (nSPS) is 10.7. The standard InChI is InChI=1S/C14H8BrNO3S/c15-10-6-5-8(13(17)18)7-12(10)19-14-9-3-1-2-4-11(9)16-20-14/h1-7H,(H,17,18). The van der Waals surface area contributed by atoms with Crippen LogP contribution in [0.5, 0.6) is 10.8 Å². The van der Waals surface area contributed by atoms with Gasteiger partial charge in [0, 0.05) is 11.5 Å². The van der Waals surface area contributed by atoms with E-state index >= 15 is 0 Å². The minimum atomic E-state index is -0.989. The van der Waals surface area contributed by atoms with Gasteiger partial charge in [-0.05, 0) is 46.3 Å². The monoisotopic (exact) mass is 349 g/mol. The predicted octanol–water partition coefficient (Wildman–Crippen LogP) is 4.55. The molecule has 0 bridgehead atoms. The smallest absolute Gasteiger partial charge is 0.335 e. The highest BCUT2D eigenvalue weighted by atomic mass is 79.9. The predicted molar refractivity (Wildman–Crippen MR) is 80.8 cm³/mol. The van der Waals surface area contributed by atoms with Crippen molar-refractivity contribution in [3.63, 3.8) is 0 Å². The molecule has 0 unspecified atom stereocenters. The van der Waals surface area contributed by atoms with E-state index in [9.17, 15) is 4.79 Å². The van der Waals surface area contributed by atoms with Crippen molar-refractivity contribution in [2.75, 3.05) is 0 Å². The molecule has 0 saturated carbocycles. The van der Waals surface area contributed by atoms with Gasteiger partial charge in [-0.1, -0.05) is 12.1 Å². The van der Waals surface area contributed by atoms with Gasteiger partial charge < -0.3 is 9.84 Å². The summed E-state index contributed by atoms with van der Waals surface area (Å²) in [5.74, 6) is -0.532. The maximum absolute atomic E-state index is 11.0. The number of aromatic nitrogens is 1. The zero-order chi connectivity index (χ0) is 14.1. The number of hydrogen-bond acceptors (Lipinski definition) is 4. The van der Waals surface area contributed by atoms with E-state index in [1.54, 1.807) is 6.07 Å². The minimum Gasteiger partial charge on any atom is -0.478 e. The maximum Gasteiger partial charge on any atom is 0.335 e. The van der Waals surface area contributed by atoms with Crippen LogP contribution in [0.15, 0.2) is 46.9 Å². The molecule has 0 aliphatic rings. The van der Waals surface area contributed by atoms with Crippen molar-refractivity contribution in [1.29, 1.82) is 0 Å². The summed E-state index contributed by atoms with van der Waals surface area (Å²) in [6.45, 7) is 0. The molecule has 0 radical (unpaired) electrons. The van der Waals surface area contributed by atoms with Crippen LogP contribution in [-0.4, -0.2) is 15.4 Å². The molecule has 1 aromatic heterocycles. The number of carbonyl (C=O) groups is 1. The zero-order valence-corrected chi connectivity index (χ0v) is 12.4. The lowest BCUT2D eigenvalue weighted by atomic mass is 10.2. The van der Waals surface area contributed by atoms with E-state index in [1.165, 1.54) is 23.7 Å². The van der Waals surface area contributed by atoms with Crippen molar-refractivity contribution < 1.29 is 14.6 Å². The van der Waals surface area contributed by atoms with Crippen LogP contribution in [0.2, 0.25) is 0 Å². The highest BCUT2D eigenvalue weighted by molar-refractivity contribution is 9.10. The van der Waals surface area contributed by atoms with Gasteiger partial charge in [0.05, 0.1) is 20.9 Å². The Balaban J connectivity index is 2.02. The first kappa shape index (κ1) is 13.1. The number of carboxylic acid groups (broad SMARTS) is 1. The molecule has 0 aliphatic carbocycles. The Bertz CT molecular complexity index is 800. The third-order valence-electron chi connectivity index (χ3n) is 2.73. The summed E-state index contributed by atoms with van der Waals surface area (Å²) in [7, 11) is 0. The molecule has 0 spiro atoms. The van der Waals surface area contributed by atoms with Crippen molar-refractivity contribution in [2.45, 2.75) is 0 Å². The number of hydrogen-bond donors (Lipinski definition) is 1. The second-order valence-electron chi connectivity index (χ2n) is 4.04. The van der Waals surface area contributed by atoms with Gasteiger partial charge in [0.1, 0.15) is 5.75 Å². The van der Waals surface area contributed by atoms with E-state index in [0.29, 0.717) is 15.3 Å². The molecule has 0 fully saturated rings. The SMILES string of the molecule is O=C(O)c1ccc(Br)c(Oc2snc3ccccc23)c1.